The van der Waals surface area contributed by atoms with Crippen LogP contribution in [0.25, 0.3) is 0 Å². The molecule has 1 aromatic rings. The van der Waals surface area contributed by atoms with Gasteiger partial charge < -0.3 is 10.2 Å². The summed E-state index contributed by atoms with van der Waals surface area (Å²) >= 11 is 0. The van der Waals surface area contributed by atoms with Crippen LogP contribution in [0.5, 0.6) is 0 Å². The van der Waals surface area contributed by atoms with Crippen LogP contribution in [0.2, 0.25) is 0 Å². The fourth-order valence-electron chi connectivity index (χ4n) is 2.29. The minimum atomic E-state index is 0.0120. The van der Waals surface area contributed by atoms with Crippen LogP contribution in [0.3, 0.4) is 0 Å². The number of amides is 1. The van der Waals surface area contributed by atoms with E-state index in [2.05, 4.69) is 22.2 Å². The maximum Gasteiger partial charge on any atom is 0.274 e. The van der Waals surface area contributed by atoms with Crippen molar-refractivity contribution in [1.29, 1.82) is 0 Å². The number of carbonyl (C=O) groups excluding carboxylic acids is 1. The van der Waals surface area contributed by atoms with E-state index in [0.29, 0.717) is 17.3 Å². The van der Waals surface area contributed by atoms with Crippen LogP contribution in [-0.2, 0) is 0 Å². The molecule has 0 bridgehead atoms. The SMILES string of the molecule is CNc1cnc(C(C)C)nc1C(=O)N1CCC(C)C1. The van der Waals surface area contributed by atoms with Gasteiger partial charge in [-0.3, -0.25) is 4.79 Å². The third-order valence-corrected chi connectivity index (χ3v) is 3.51. The van der Waals surface area contributed by atoms with Gasteiger partial charge in [-0.15, -0.1) is 0 Å². The summed E-state index contributed by atoms with van der Waals surface area (Å²) in [5.41, 5.74) is 1.20. The maximum atomic E-state index is 12.5. The van der Waals surface area contributed by atoms with Crippen LogP contribution in [-0.4, -0.2) is 40.9 Å². The third kappa shape index (κ3) is 2.85. The average molecular weight is 262 g/mol. The van der Waals surface area contributed by atoms with Crippen molar-refractivity contribution in [1.82, 2.24) is 14.9 Å². The van der Waals surface area contributed by atoms with Gasteiger partial charge in [0, 0.05) is 26.1 Å². The molecule has 1 N–H and O–H groups in total. The van der Waals surface area contributed by atoms with E-state index in [0.717, 1.165) is 25.3 Å². The zero-order valence-electron chi connectivity index (χ0n) is 12.1. The van der Waals surface area contributed by atoms with E-state index < -0.39 is 0 Å². The predicted octanol–water partition coefficient (Wildman–Crippen LogP) is 2.12. The summed E-state index contributed by atoms with van der Waals surface area (Å²) in [4.78, 5) is 23.2. The van der Waals surface area contributed by atoms with Gasteiger partial charge in [-0.2, -0.15) is 0 Å². The average Bonchev–Trinajstić information content (AvgIpc) is 2.83. The van der Waals surface area contributed by atoms with Crippen LogP contribution in [0, 0.1) is 5.92 Å². The first-order valence-corrected chi connectivity index (χ1v) is 6.87. The summed E-state index contributed by atoms with van der Waals surface area (Å²) in [5, 5.41) is 3.00. The summed E-state index contributed by atoms with van der Waals surface area (Å²) in [5.74, 6) is 1.52. The second kappa shape index (κ2) is 5.55. The number of nitrogens with zero attached hydrogens (tertiary/aromatic N) is 3. The molecule has 19 heavy (non-hydrogen) atoms. The number of likely N-dealkylation sites (tertiary alicyclic amines) is 1. The number of nitrogens with one attached hydrogen (secondary N) is 1. The number of hydrogen-bond donors (Lipinski definition) is 1. The van der Waals surface area contributed by atoms with E-state index in [4.69, 9.17) is 0 Å². The Balaban J connectivity index is 2.31. The van der Waals surface area contributed by atoms with Gasteiger partial charge in [0.2, 0.25) is 0 Å². The molecule has 1 aliphatic heterocycles. The Labute approximate surface area is 114 Å². The summed E-state index contributed by atoms with van der Waals surface area (Å²) in [6.07, 6.45) is 2.78. The molecule has 0 aliphatic carbocycles. The lowest BCUT2D eigenvalue weighted by Crippen LogP contribution is -2.30. The van der Waals surface area contributed by atoms with Gasteiger partial charge in [0.1, 0.15) is 5.82 Å². The topological polar surface area (TPSA) is 58.1 Å². The number of anilines is 1. The van der Waals surface area contributed by atoms with Crippen molar-refractivity contribution in [3.8, 4) is 0 Å². The highest BCUT2D eigenvalue weighted by Crippen LogP contribution is 2.21. The van der Waals surface area contributed by atoms with Crippen molar-refractivity contribution >= 4 is 11.6 Å². The van der Waals surface area contributed by atoms with Crippen molar-refractivity contribution < 1.29 is 4.79 Å². The van der Waals surface area contributed by atoms with Crippen molar-refractivity contribution in [3.05, 3.63) is 17.7 Å². The molecule has 1 amide bonds. The zero-order valence-corrected chi connectivity index (χ0v) is 12.1. The number of aromatic nitrogens is 2. The number of hydrogen-bond acceptors (Lipinski definition) is 4. The van der Waals surface area contributed by atoms with Gasteiger partial charge in [0.25, 0.3) is 5.91 Å². The highest BCUT2D eigenvalue weighted by Gasteiger charge is 2.27. The van der Waals surface area contributed by atoms with E-state index in [1.807, 2.05) is 18.7 Å². The number of rotatable bonds is 3. The first kappa shape index (κ1) is 13.8. The van der Waals surface area contributed by atoms with Gasteiger partial charge in [-0.05, 0) is 12.3 Å². The van der Waals surface area contributed by atoms with Gasteiger partial charge in [0.05, 0.1) is 11.9 Å². The Morgan fingerprint density at radius 2 is 2.26 bits per heavy atom. The van der Waals surface area contributed by atoms with Crippen LogP contribution in [0.15, 0.2) is 6.20 Å². The monoisotopic (exact) mass is 262 g/mol. The lowest BCUT2D eigenvalue weighted by Gasteiger charge is -2.18. The molecule has 1 atom stereocenters. The summed E-state index contributed by atoms with van der Waals surface area (Å²) < 4.78 is 0. The summed E-state index contributed by atoms with van der Waals surface area (Å²) in [6.45, 7) is 7.88. The van der Waals surface area contributed by atoms with E-state index in [1.54, 1.807) is 13.2 Å². The molecule has 1 aliphatic rings. The Morgan fingerprint density at radius 3 is 2.79 bits per heavy atom. The molecular formula is C14H22N4O. The molecular weight excluding hydrogens is 240 g/mol. The normalized spacial score (nSPS) is 19.0. The van der Waals surface area contributed by atoms with Crippen molar-refractivity contribution in [2.24, 2.45) is 5.92 Å². The Hall–Kier alpha value is -1.65. The van der Waals surface area contributed by atoms with E-state index in [-0.39, 0.29) is 11.8 Å². The fourth-order valence-corrected chi connectivity index (χ4v) is 2.29. The Morgan fingerprint density at radius 1 is 1.53 bits per heavy atom. The van der Waals surface area contributed by atoms with Crippen LogP contribution in [0.4, 0.5) is 5.69 Å². The fraction of sp³-hybridized carbons (Fsp3) is 0.643. The quantitative estimate of drug-likeness (QED) is 0.906. The zero-order chi connectivity index (χ0) is 14.0. The molecule has 0 spiro atoms. The lowest BCUT2D eigenvalue weighted by molar-refractivity contribution is 0.0782. The lowest BCUT2D eigenvalue weighted by atomic mass is 10.2. The molecule has 0 radical (unpaired) electrons. The van der Waals surface area contributed by atoms with Gasteiger partial charge >= 0.3 is 0 Å². The molecule has 1 fully saturated rings. The molecule has 1 saturated heterocycles. The third-order valence-electron chi connectivity index (χ3n) is 3.51. The highest BCUT2D eigenvalue weighted by molar-refractivity contribution is 5.97. The van der Waals surface area contributed by atoms with Crippen molar-refractivity contribution in [2.75, 3.05) is 25.5 Å². The molecule has 1 unspecified atom stereocenters. The molecule has 0 saturated carbocycles. The van der Waals surface area contributed by atoms with Gasteiger partial charge in [-0.25, -0.2) is 9.97 Å². The van der Waals surface area contributed by atoms with Gasteiger partial charge in [0.15, 0.2) is 5.69 Å². The highest BCUT2D eigenvalue weighted by atomic mass is 16.2. The largest absolute Gasteiger partial charge is 0.385 e. The maximum absolute atomic E-state index is 12.5. The molecule has 1 aromatic heterocycles. The standard InChI is InChI=1S/C14H22N4O/c1-9(2)13-16-7-11(15-4)12(17-13)14(19)18-6-5-10(3)8-18/h7,9-10,15H,5-6,8H2,1-4H3. The van der Waals surface area contributed by atoms with E-state index >= 15 is 0 Å². The van der Waals surface area contributed by atoms with Gasteiger partial charge in [-0.1, -0.05) is 20.8 Å². The number of carbonyl (C=O) groups is 1. The Kier molecular flexibility index (Phi) is 4.02. The minimum Gasteiger partial charge on any atom is -0.385 e. The Bertz CT molecular complexity index is 473. The molecule has 5 nitrogen and oxygen atoms in total. The molecule has 5 heteroatoms. The smallest absolute Gasteiger partial charge is 0.274 e. The van der Waals surface area contributed by atoms with Crippen molar-refractivity contribution in [2.45, 2.75) is 33.1 Å². The predicted molar refractivity (Wildman–Crippen MR) is 75.4 cm³/mol. The minimum absolute atomic E-state index is 0.0120. The summed E-state index contributed by atoms with van der Waals surface area (Å²) in [6, 6.07) is 0. The molecule has 0 aromatic carbocycles. The second-order valence-electron chi connectivity index (χ2n) is 5.54. The molecule has 2 heterocycles. The van der Waals surface area contributed by atoms with Crippen LogP contribution >= 0.6 is 0 Å². The molecule has 104 valence electrons. The first-order valence-electron chi connectivity index (χ1n) is 6.87. The van der Waals surface area contributed by atoms with E-state index in [9.17, 15) is 4.79 Å². The molecule has 2 rings (SSSR count). The first-order chi connectivity index (χ1) is 9.02. The second-order valence-corrected chi connectivity index (χ2v) is 5.54. The van der Waals surface area contributed by atoms with E-state index in [1.165, 1.54) is 0 Å². The van der Waals surface area contributed by atoms with Crippen LogP contribution in [0.1, 0.15) is 49.4 Å². The van der Waals surface area contributed by atoms with Crippen LogP contribution < -0.4 is 5.32 Å². The van der Waals surface area contributed by atoms with Crippen molar-refractivity contribution in [3.63, 3.8) is 0 Å². The summed E-state index contributed by atoms with van der Waals surface area (Å²) in [7, 11) is 1.79.